The number of nitrogens with one attached hydrogen (secondary N) is 1. The van der Waals surface area contributed by atoms with E-state index in [2.05, 4.69) is 40.3 Å². The first-order valence-corrected chi connectivity index (χ1v) is 11.1. The summed E-state index contributed by atoms with van der Waals surface area (Å²) in [5.74, 6) is -0.610. The molecule has 162 valence electrons. The van der Waals surface area contributed by atoms with Crippen LogP contribution in [0, 0.1) is 6.92 Å². The smallest absolute Gasteiger partial charge is 0.257 e. The number of hydrogen-bond acceptors (Lipinski definition) is 5. The number of anilines is 1. The predicted octanol–water partition coefficient (Wildman–Crippen LogP) is 4.44. The highest BCUT2D eigenvalue weighted by atomic mass is 16.2. The molecular weight excluding hydrogens is 400 g/mol. The quantitative estimate of drug-likeness (QED) is 0.693. The monoisotopic (exact) mass is 426 g/mol. The Labute approximate surface area is 187 Å². The first-order chi connectivity index (χ1) is 15.5. The Kier molecular flexibility index (Phi) is 5.21. The molecule has 0 radical (unpaired) electrons. The molecule has 1 aromatic carbocycles. The zero-order chi connectivity index (χ0) is 22.2. The molecule has 32 heavy (non-hydrogen) atoms. The van der Waals surface area contributed by atoms with Crippen LogP contribution in [0.5, 0.6) is 0 Å². The summed E-state index contributed by atoms with van der Waals surface area (Å²) in [5.41, 5.74) is 5.30. The van der Waals surface area contributed by atoms with Crippen LogP contribution in [-0.4, -0.2) is 34.5 Å². The molecule has 3 aliphatic carbocycles. The number of carbonyl (C=O) groups is 2. The highest BCUT2D eigenvalue weighted by Gasteiger charge is 2.39. The van der Waals surface area contributed by atoms with Gasteiger partial charge in [0.2, 0.25) is 5.78 Å². The summed E-state index contributed by atoms with van der Waals surface area (Å²) in [4.78, 5) is 36.3. The second-order valence-electron chi connectivity index (χ2n) is 8.78. The Balaban J connectivity index is 1.40. The molecule has 1 aromatic heterocycles. The number of carbonyl (C=O) groups excluding carboxylic acids is 2. The SMILES string of the molecule is CC1=CC(=O)C(NC(=O)c2cccnc2)=CC1=Nc1ccc(N(C2CC2)C2CC2)cc1C. The van der Waals surface area contributed by atoms with Gasteiger partial charge in [-0.25, -0.2) is 4.99 Å². The average Bonchev–Trinajstić information content (AvgIpc) is 3.70. The maximum Gasteiger partial charge on any atom is 0.257 e. The predicted molar refractivity (Wildman–Crippen MR) is 125 cm³/mol. The van der Waals surface area contributed by atoms with Crippen LogP contribution < -0.4 is 10.2 Å². The van der Waals surface area contributed by atoms with Crippen LogP contribution in [0.25, 0.3) is 0 Å². The molecule has 0 atom stereocenters. The van der Waals surface area contributed by atoms with Gasteiger partial charge in [-0.3, -0.25) is 14.6 Å². The Morgan fingerprint density at radius 3 is 2.47 bits per heavy atom. The topological polar surface area (TPSA) is 74.7 Å². The molecule has 0 bridgehead atoms. The minimum absolute atomic E-state index is 0.214. The van der Waals surface area contributed by atoms with E-state index in [1.807, 2.05) is 6.92 Å². The summed E-state index contributed by atoms with van der Waals surface area (Å²) >= 11 is 0. The molecule has 1 N–H and O–H groups in total. The molecule has 0 unspecified atom stereocenters. The van der Waals surface area contributed by atoms with Gasteiger partial charge in [-0.05, 0) is 93.2 Å². The first kappa shape index (κ1) is 20.4. The fourth-order valence-electron chi connectivity index (χ4n) is 4.06. The maximum absolute atomic E-state index is 12.5. The number of ketones is 1. The van der Waals surface area contributed by atoms with Crippen LogP contribution in [0.3, 0.4) is 0 Å². The normalized spacial score (nSPS) is 19.4. The number of allylic oxidation sites excluding steroid dienone is 3. The third-order valence-electron chi connectivity index (χ3n) is 6.07. The van der Waals surface area contributed by atoms with Gasteiger partial charge in [-0.1, -0.05) is 0 Å². The Morgan fingerprint density at radius 1 is 1.09 bits per heavy atom. The molecule has 0 spiro atoms. The molecule has 2 fully saturated rings. The van der Waals surface area contributed by atoms with Crippen molar-refractivity contribution in [3.8, 4) is 0 Å². The second kappa shape index (κ2) is 8.19. The van der Waals surface area contributed by atoms with Crippen LogP contribution in [0.4, 0.5) is 11.4 Å². The van der Waals surface area contributed by atoms with E-state index in [0.29, 0.717) is 23.4 Å². The van der Waals surface area contributed by atoms with Crippen molar-refractivity contribution < 1.29 is 9.59 Å². The van der Waals surface area contributed by atoms with Crippen LogP contribution in [-0.2, 0) is 4.79 Å². The lowest BCUT2D eigenvalue weighted by molar-refractivity contribution is -0.111. The summed E-state index contributed by atoms with van der Waals surface area (Å²) in [5, 5.41) is 2.70. The molecule has 1 amide bonds. The Hall–Kier alpha value is -3.54. The third kappa shape index (κ3) is 4.26. The molecule has 5 rings (SSSR count). The second-order valence-corrected chi connectivity index (χ2v) is 8.78. The summed E-state index contributed by atoms with van der Waals surface area (Å²) < 4.78 is 0. The number of rotatable bonds is 6. The molecule has 6 nitrogen and oxygen atoms in total. The molecule has 2 saturated carbocycles. The number of pyridine rings is 1. The molecule has 3 aliphatic rings. The van der Waals surface area contributed by atoms with Gasteiger partial charge in [0.1, 0.15) is 0 Å². The number of aliphatic imine (C=N–C) groups is 1. The highest BCUT2D eigenvalue weighted by molar-refractivity contribution is 6.23. The molecule has 1 heterocycles. The van der Waals surface area contributed by atoms with Crippen LogP contribution in [0.2, 0.25) is 0 Å². The molecule has 0 aliphatic heterocycles. The fraction of sp³-hybridized carbons (Fsp3) is 0.308. The lowest BCUT2D eigenvalue weighted by Crippen LogP contribution is -2.29. The lowest BCUT2D eigenvalue weighted by atomic mass is 10.0. The minimum Gasteiger partial charge on any atom is -0.366 e. The van der Waals surface area contributed by atoms with Gasteiger partial charge in [0.15, 0.2) is 0 Å². The summed E-state index contributed by atoms with van der Waals surface area (Å²) in [7, 11) is 0. The zero-order valence-corrected chi connectivity index (χ0v) is 18.3. The summed E-state index contributed by atoms with van der Waals surface area (Å²) in [6.45, 7) is 3.93. The van der Waals surface area contributed by atoms with Crippen molar-refractivity contribution in [3.05, 3.63) is 77.3 Å². The number of nitrogens with zero attached hydrogens (tertiary/aromatic N) is 3. The molecule has 0 saturated heterocycles. The lowest BCUT2D eigenvalue weighted by Gasteiger charge is -2.25. The highest BCUT2D eigenvalue weighted by Crippen LogP contribution is 2.41. The van der Waals surface area contributed by atoms with Gasteiger partial charge >= 0.3 is 0 Å². The van der Waals surface area contributed by atoms with E-state index >= 15 is 0 Å². The van der Waals surface area contributed by atoms with Crippen molar-refractivity contribution in [2.24, 2.45) is 4.99 Å². The van der Waals surface area contributed by atoms with Gasteiger partial charge in [-0.2, -0.15) is 0 Å². The van der Waals surface area contributed by atoms with Gasteiger partial charge in [0.25, 0.3) is 5.91 Å². The number of amides is 1. The molecule has 6 heteroatoms. The van der Waals surface area contributed by atoms with E-state index in [1.54, 1.807) is 24.4 Å². The van der Waals surface area contributed by atoms with E-state index in [-0.39, 0.29) is 17.4 Å². The zero-order valence-electron chi connectivity index (χ0n) is 18.3. The average molecular weight is 427 g/mol. The van der Waals surface area contributed by atoms with Crippen molar-refractivity contribution in [2.75, 3.05) is 4.90 Å². The summed E-state index contributed by atoms with van der Waals surface area (Å²) in [6.07, 6.45) is 11.4. The number of benzene rings is 1. The van der Waals surface area contributed by atoms with Crippen molar-refractivity contribution in [2.45, 2.75) is 51.6 Å². The van der Waals surface area contributed by atoms with Crippen LogP contribution >= 0.6 is 0 Å². The fourth-order valence-corrected chi connectivity index (χ4v) is 4.06. The first-order valence-electron chi connectivity index (χ1n) is 11.1. The summed E-state index contributed by atoms with van der Waals surface area (Å²) in [6, 6.07) is 11.2. The van der Waals surface area contributed by atoms with Gasteiger partial charge in [0.05, 0.1) is 22.7 Å². The Bertz CT molecular complexity index is 1160. The van der Waals surface area contributed by atoms with Gasteiger partial charge in [0, 0.05) is 30.2 Å². The largest absolute Gasteiger partial charge is 0.366 e. The maximum atomic E-state index is 12.5. The molecular formula is C26H26N4O2. The van der Waals surface area contributed by atoms with Crippen molar-refractivity contribution in [1.29, 1.82) is 0 Å². The van der Waals surface area contributed by atoms with E-state index in [4.69, 9.17) is 4.99 Å². The van der Waals surface area contributed by atoms with E-state index in [1.165, 1.54) is 43.6 Å². The van der Waals surface area contributed by atoms with Crippen LogP contribution in [0.15, 0.2) is 71.1 Å². The van der Waals surface area contributed by atoms with Gasteiger partial charge < -0.3 is 10.2 Å². The van der Waals surface area contributed by atoms with Gasteiger partial charge in [-0.15, -0.1) is 0 Å². The van der Waals surface area contributed by atoms with E-state index in [0.717, 1.165) is 16.8 Å². The number of aromatic nitrogens is 1. The van der Waals surface area contributed by atoms with Crippen LogP contribution in [0.1, 0.15) is 48.5 Å². The van der Waals surface area contributed by atoms with Crippen molar-refractivity contribution in [3.63, 3.8) is 0 Å². The number of hydrogen-bond donors (Lipinski definition) is 1. The standard InChI is InChI=1S/C26H26N4O2/c1-16-12-21(30(19-5-6-19)20-7-8-20)9-10-22(16)28-23-14-24(25(31)13-17(23)2)29-26(32)18-4-3-11-27-15-18/h3-4,9-15,19-20H,5-8H2,1-2H3,(H,29,32). The van der Waals surface area contributed by atoms with E-state index < -0.39 is 0 Å². The number of aryl methyl sites for hydroxylation is 1. The molecule has 2 aromatic rings. The van der Waals surface area contributed by atoms with Crippen molar-refractivity contribution in [1.82, 2.24) is 10.3 Å². The Morgan fingerprint density at radius 2 is 1.84 bits per heavy atom. The van der Waals surface area contributed by atoms with Crippen molar-refractivity contribution >= 4 is 28.8 Å². The minimum atomic E-state index is -0.370. The third-order valence-corrected chi connectivity index (χ3v) is 6.07. The van der Waals surface area contributed by atoms with E-state index in [9.17, 15) is 9.59 Å².